The predicted octanol–water partition coefficient (Wildman–Crippen LogP) is 2.14. The lowest BCUT2D eigenvalue weighted by Gasteiger charge is -2.14. The van der Waals surface area contributed by atoms with E-state index < -0.39 is 0 Å². The molecule has 1 aromatic heterocycles. The summed E-state index contributed by atoms with van der Waals surface area (Å²) >= 11 is 0. The standard InChI is InChI=1S/C20H24N6O/c1-14(2)16-5-7-17(8-6-16)19(21)12-22-20(27)11-15-3-9-18(10-4-15)26-13-23-24-25-26/h3-10,13-14,19H,11-12,21H2,1-2H3,(H,22,27). The van der Waals surface area contributed by atoms with Gasteiger partial charge in [0.05, 0.1) is 12.1 Å². The van der Waals surface area contributed by atoms with Gasteiger partial charge in [-0.25, -0.2) is 4.68 Å². The van der Waals surface area contributed by atoms with E-state index in [1.54, 1.807) is 4.68 Å². The van der Waals surface area contributed by atoms with E-state index >= 15 is 0 Å². The number of tetrazole rings is 1. The van der Waals surface area contributed by atoms with Crippen molar-refractivity contribution in [1.29, 1.82) is 0 Å². The van der Waals surface area contributed by atoms with Gasteiger partial charge in [-0.15, -0.1) is 5.10 Å². The summed E-state index contributed by atoms with van der Waals surface area (Å²) < 4.78 is 1.56. The molecule has 0 saturated carbocycles. The van der Waals surface area contributed by atoms with Crippen molar-refractivity contribution in [2.75, 3.05) is 6.54 Å². The molecule has 0 aliphatic heterocycles. The third-order valence-electron chi connectivity index (χ3n) is 4.47. The topological polar surface area (TPSA) is 98.7 Å². The Morgan fingerprint density at radius 2 is 1.74 bits per heavy atom. The third kappa shape index (κ3) is 4.98. The quantitative estimate of drug-likeness (QED) is 0.669. The number of nitrogens with zero attached hydrogens (tertiary/aromatic N) is 4. The fraction of sp³-hybridized carbons (Fsp3) is 0.300. The summed E-state index contributed by atoms with van der Waals surface area (Å²) in [6, 6.07) is 15.6. The molecule has 27 heavy (non-hydrogen) atoms. The Bertz CT molecular complexity index is 857. The van der Waals surface area contributed by atoms with E-state index in [9.17, 15) is 4.79 Å². The van der Waals surface area contributed by atoms with Crippen LogP contribution in [0.4, 0.5) is 0 Å². The summed E-state index contributed by atoms with van der Waals surface area (Å²) in [7, 11) is 0. The molecule has 3 N–H and O–H groups in total. The van der Waals surface area contributed by atoms with Crippen molar-refractivity contribution < 1.29 is 4.79 Å². The van der Waals surface area contributed by atoms with Crippen LogP contribution >= 0.6 is 0 Å². The predicted molar refractivity (Wildman–Crippen MR) is 103 cm³/mol. The van der Waals surface area contributed by atoms with Crippen LogP contribution in [0.5, 0.6) is 0 Å². The van der Waals surface area contributed by atoms with E-state index in [0.29, 0.717) is 18.9 Å². The van der Waals surface area contributed by atoms with Gasteiger partial charge in [-0.3, -0.25) is 4.79 Å². The van der Waals surface area contributed by atoms with E-state index in [1.807, 2.05) is 36.4 Å². The first kappa shape index (κ1) is 18.7. The third-order valence-corrected chi connectivity index (χ3v) is 4.47. The molecular weight excluding hydrogens is 340 g/mol. The summed E-state index contributed by atoms with van der Waals surface area (Å²) in [4.78, 5) is 12.2. The molecule has 2 aromatic carbocycles. The maximum Gasteiger partial charge on any atom is 0.224 e. The molecule has 0 aliphatic rings. The molecule has 1 heterocycles. The van der Waals surface area contributed by atoms with Crippen molar-refractivity contribution in [3.63, 3.8) is 0 Å². The zero-order chi connectivity index (χ0) is 19.2. The Labute approximate surface area is 158 Å². The molecule has 3 aromatic rings. The average molecular weight is 364 g/mol. The lowest BCUT2D eigenvalue weighted by atomic mass is 9.99. The first-order valence-electron chi connectivity index (χ1n) is 8.97. The molecule has 0 aliphatic carbocycles. The zero-order valence-electron chi connectivity index (χ0n) is 15.5. The molecule has 3 rings (SSSR count). The van der Waals surface area contributed by atoms with E-state index in [-0.39, 0.29) is 11.9 Å². The van der Waals surface area contributed by atoms with Crippen molar-refractivity contribution in [2.24, 2.45) is 5.73 Å². The lowest BCUT2D eigenvalue weighted by molar-refractivity contribution is -0.120. The summed E-state index contributed by atoms with van der Waals surface area (Å²) in [6.45, 7) is 4.72. The van der Waals surface area contributed by atoms with Gasteiger partial charge in [0.1, 0.15) is 6.33 Å². The van der Waals surface area contributed by atoms with Gasteiger partial charge >= 0.3 is 0 Å². The van der Waals surface area contributed by atoms with Crippen molar-refractivity contribution in [3.05, 3.63) is 71.5 Å². The highest BCUT2D eigenvalue weighted by atomic mass is 16.1. The number of amides is 1. The second-order valence-corrected chi connectivity index (χ2v) is 6.83. The fourth-order valence-corrected chi connectivity index (χ4v) is 2.76. The highest BCUT2D eigenvalue weighted by Gasteiger charge is 2.10. The summed E-state index contributed by atoms with van der Waals surface area (Å²) in [6.07, 6.45) is 1.83. The molecule has 7 heteroatoms. The van der Waals surface area contributed by atoms with Crippen LogP contribution in [-0.4, -0.2) is 32.7 Å². The first-order valence-corrected chi connectivity index (χ1v) is 8.97. The minimum atomic E-state index is -0.225. The Morgan fingerprint density at radius 1 is 1.07 bits per heavy atom. The minimum Gasteiger partial charge on any atom is -0.354 e. The van der Waals surface area contributed by atoms with E-state index in [2.05, 4.69) is 46.8 Å². The van der Waals surface area contributed by atoms with Crippen LogP contribution in [0.25, 0.3) is 5.69 Å². The van der Waals surface area contributed by atoms with Gasteiger partial charge in [0.25, 0.3) is 0 Å². The molecule has 0 spiro atoms. The molecule has 0 radical (unpaired) electrons. The van der Waals surface area contributed by atoms with Gasteiger partial charge < -0.3 is 11.1 Å². The van der Waals surface area contributed by atoms with Crippen LogP contribution in [0.3, 0.4) is 0 Å². The van der Waals surface area contributed by atoms with Crippen LogP contribution in [0.15, 0.2) is 54.9 Å². The SMILES string of the molecule is CC(C)c1ccc(C(N)CNC(=O)Cc2ccc(-n3cnnn3)cc2)cc1. The molecule has 0 bridgehead atoms. The van der Waals surface area contributed by atoms with E-state index in [0.717, 1.165) is 16.8 Å². The Hall–Kier alpha value is -3.06. The van der Waals surface area contributed by atoms with Crippen LogP contribution in [0.1, 0.15) is 42.5 Å². The largest absolute Gasteiger partial charge is 0.354 e. The number of carbonyl (C=O) groups is 1. The number of nitrogens with two attached hydrogens (primary N) is 1. The molecule has 0 saturated heterocycles. The maximum atomic E-state index is 12.2. The molecule has 1 amide bonds. The number of nitrogens with one attached hydrogen (secondary N) is 1. The summed E-state index contributed by atoms with van der Waals surface area (Å²) in [5, 5.41) is 13.9. The highest BCUT2D eigenvalue weighted by molar-refractivity contribution is 5.78. The van der Waals surface area contributed by atoms with Crippen molar-refractivity contribution >= 4 is 5.91 Å². The summed E-state index contributed by atoms with van der Waals surface area (Å²) in [5.74, 6) is 0.432. The fourth-order valence-electron chi connectivity index (χ4n) is 2.76. The average Bonchev–Trinajstić information content (AvgIpc) is 3.21. The summed E-state index contributed by atoms with van der Waals surface area (Å²) in [5.41, 5.74) is 10.3. The molecular formula is C20H24N6O. The van der Waals surface area contributed by atoms with Crippen LogP contribution in [0.2, 0.25) is 0 Å². The van der Waals surface area contributed by atoms with Gasteiger partial charge in [0.2, 0.25) is 5.91 Å². The van der Waals surface area contributed by atoms with E-state index in [1.165, 1.54) is 11.9 Å². The van der Waals surface area contributed by atoms with Crippen molar-refractivity contribution in [2.45, 2.75) is 32.2 Å². The van der Waals surface area contributed by atoms with Gasteiger partial charge in [-0.05, 0) is 45.2 Å². The van der Waals surface area contributed by atoms with E-state index in [4.69, 9.17) is 5.73 Å². The Kier molecular flexibility index (Phi) is 5.93. The van der Waals surface area contributed by atoms with Crippen molar-refractivity contribution in [3.8, 4) is 5.69 Å². The molecule has 1 atom stereocenters. The smallest absolute Gasteiger partial charge is 0.224 e. The number of hydrogen-bond donors (Lipinski definition) is 2. The van der Waals surface area contributed by atoms with Crippen LogP contribution < -0.4 is 11.1 Å². The zero-order valence-corrected chi connectivity index (χ0v) is 15.5. The molecule has 7 nitrogen and oxygen atoms in total. The first-order chi connectivity index (χ1) is 13.0. The van der Waals surface area contributed by atoms with Crippen LogP contribution in [-0.2, 0) is 11.2 Å². The molecule has 0 fully saturated rings. The van der Waals surface area contributed by atoms with Crippen molar-refractivity contribution in [1.82, 2.24) is 25.5 Å². The second kappa shape index (κ2) is 8.55. The molecule has 140 valence electrons. The normalized spacial score (nSPS) is 12.1. The number of benzene rings is 2. The maximum absolute atomic E-state index is 12.2. The number of hydrogen-bond acceptors (Lipinski definition) is 5. The van der Waals surface area contributed by atoms with Gasteiger partial charge in [-0.2, -0.15) is 0 Å². The van der Waals surface area contributed by atoms with Gasteiger partial charge in [-0.1, -0.05) is 50.2 Å². The number of carbonyl (C=O) groups excluding carboxylic acids is 1. The Morgan fingerprint density at radius 3 is 2.33 bits per heavy atom. The van der Waals surface area contributed by atoms with Gasteiger partial charge in [0, 0.05) is 12.6 Å². The number of rotatable bonds is 7. The minimum absolute atomic E-state index is 0.0561. The van der Waals surface area contributed by atoms with Gasteiger partial charge in [0.15, 0.2) is 0 Å². The highest BCUT2D eigenvalue weighted by Crippen LogP contribution is 2.17. The monoisotopic (exact) mass is 364 g/mol. The Balaban J connectivity index is 1.50. The molecule has 1 unspecified atom stereocenters. The lowest BCUT2D eigenvalue weighted by Crippen LogP contribution is -2.32. The number of aromatic nitrogens is 4. The second-order valence-electron chi connectivity index (χ2n) is 6.83. The van der Waals surface area contributed by atoms with Crippen LogP contribution in [0, 0.1) is 0 Å².